The lowest BCUT2D eigenvalue weighted by Gasteiger charge is -2.23. The number of halogens is 1. The van der Waals surface area contributed by atoms with Crippen LogP contribution in [0.5, 0.6) is 0 Å². The third-order valence-corrected chi connectivity index (χ3v) is 5.18. The molecule has 1 fully saturated rings. The maximum absolute atomic E-state index is 13.7. The van der Waals surface area contributed by atoms with E-state index in [4.69, 9.17) is 0 Å². The molecule has 0 unspecified atom stereocenters. The van der Waals surface area contributed by atoms with Gasteiger partial charge in [0.1, 0.15) is 10.7 Å². The van der Waals surface area contributed by atoms with Crippen LogP contribution in [0.3, 0.4) is 0 Å². The van der Waals surface area contributed by atoms with Gasteiger partial charge in [-0.25, -0.2) is 17.5 Å². The smallest absolute Gasteiger partial charge is 0.243 e. The van der Waals surface area contributed by atoms with Crippen molar-refractivity contribution in [3.8, 4) is 0 Å². The molecule has 118 valence electrons. The molecule has 5 nitrogen and oxygen atoms in total. The van der Waals surface area contributed by atoms with E-state index in [9.17, 15) is 12.8 Å². The summed E-state index contributed by atoms with van der Waals surface area (Å²) in [4.78, 5) is 3.83. The lowest BCUT2D eigenvalue weighted by atomic mass is 10.0. The minimum Gasteiger partial charge on any atom is -0.309 e. The lowest BCUT2D eigenvalue weighted by molar-refractivity contribution is 0.303. The first-order valence-electron chi connectivity index (χ1n) is 6.89. The van der Waals surface area contributed by atoms with E-state index in [1.165, 1.54) is 18.2 Å². The van der Waals surface area contributed by atoms with Gasteiger partial charge in [-0.15, -0.1) is 0 Å². The minimum absolute atomic E-state index is 0.187. The normalized spacial score (nSPS) is 23.9. The molecule has 2 atom stereocenters. The molecule has 1 aliphatic rings. The second-order valence-corrected chi connectivity index (χ2v) is 7.58. The van der Waals surface area contributed by atoms with Gasteiger partial charge in [-0.1, -0.05) is 12.1 Å². The fraction of sp³-hybridized carbons (Fsp3) is 0.571. The number of rotatable bonds is 5. The highest BCUT2D eigenvalue weighted by atomic mass is 32.2. The molecule has 0 amide bonds. The molecule has 1 aromatic carbocycles. The Morgan fingerprint density at radius 3 is 2.62 bits per heavy atom. The third-order valence-electron chi connectivity index (χ3n) is 3.66. The average Bonchev–Trinajstić information content (AvgIpc) is 2.68. The van der Waals surface area contributed by atoms with E-state index in [0.29, 0.717) is 6.54 Å². The molecule has 1 aromatic rings. The fourth-order valence-electron chi connectivity index (χ4n) is 2.80. The van der Waals surface area contributed by atoms with Gasteiger partial charge in [0.25, 0.3) is 0 Å². The third kappa shape index (κ3) is 4.00. The summed E-state index contributed by atoms with van der Waals surface area (Å²) < 4.78 is 41.1. The van der Waals surface area contributed by atoms with Crippen LogP contribution >= 0.6 is 0 Å². The summed E-state index contributed by atoms with van der Waals surface area (Å²) in [6.45, 7) is 2.24. The first-order valence-corrected chi connectivity index (χ1v) is 8.38. The van der Waals surface area contributed by atoms with Crippen LogP contribution in [0.2, 0.25) is 0 Å². The zero-order valence-corrected chi connectivity index (χ0v) is 13.4. The molecule has 0 spiro atoms. The highest BCUT2D eigenvalue weighted by Crippen LogP contribution is 2.20. The van der Waals surface area contributed by atoms with Gasteiger partial charge >= 0.3 is 0 Å². The van der Waals surface area contributed by atoms with Gasteiger partial charge in [-0.05, 0) is 33.3 Å². The Hall–Kier alpha value is -1.02. The van der Waals surface area contributed by atoms with Crippen molar-refractivity contribution >= 4 is 10.0 Å². The van der Waals surface area contributed by atoms with Crippen molar-refractivity contribution in [1.82, 2.24) is 14.5 Å². The standard InChI is InChI=1S/C14H22FN3O2S/c1-17(2)8-11-9-18(3)10-13(11)16-21(19,20)14-7-5-4-6-12(14)15/h4-7,11,13,16H,8-10H2,1-3H3/t11-,13-/m1/s1. The number of benzene rings is 1. The van der Waals surface area contributed by atoms with Crippen LogP contribution in [-0.4, -0.2) is 65.0 Å². The van der Waals surface area contributed by atoms with Gasteiger partial charge in [0.05, 0.1) is 0 Å². The van der Waals surface area contributed by atoms with E-state index in [1.54, 1.807) is 0 Å². The Kier molecular flexibility index (Phi) is 4.98. The molecule has 0 bridgehead atoms. The zero-order chi connectivity index (χ0) is 15.6. The zero-order valence-electron chi connectivity index (χ0n) is 12.6. The Morgan fingerprint density at radius 1 is 1.33 bits per heavy atom. The van der Waals surface area contributed by atoms with Gasteiger partial charge in [-0.2, -0.15) is 0 Å². The van der Waals surface area contributed by atoms with Crippen molar-refractivity contribution in [3.63, 3.8) is 0 Å². The quantitative estimate of drug-likeness (QED) is 0.864. The Bertz CT molecular complexity index is 592. The Balaban J connectivity index is 2.17. The SMILES string of the molecule is CN(C)C[C@@H]1CN(C)C[C@H]1NS(=O)(=O)c1ccccc1F. The van der Waals surface area contributed by atoms with Crippen molar-refractivity contribution in [2.45, 2.75) is 10.9 Å². The number of likely N-dealkylation sites (N-methyl/N-ethyl adjacent to an activating group) is 1. The Labute approximate surface area is 125 Å². The highest BCUT2D eigenvalue weighted by molar-refractivity contribution is 7.89. The van der Waals surface area contributed by atoms with Crippen LogP contribution in [0.1, 0.15) is 0 Å². The van der Waals surface area contributed by atoms with E-state index in [0.717, 1.165) is 19.2 Å². The molecule has 1 heterocycles. The molecule has 7 heteroatoms. The summed E-state index contributed by atoms with van der Waals surface area (Å²) >= 11 is 0. The van der Waals surface area contributed by atoms with Crippen LogP contribution in [0.15, 0.2) is 29.2 Å². The summed E-state index contributed by atoms with van der Waals surface area (Å²) in [7, 11) is 2.04. The van der Waals surface area contributed by atoms with Gasteiger partial charge in [0.2, 0.25) is 10.0 Å². The van der Waals surface area contributed by atoms with E-state index in [-0.39, 0.29) is 16.9 Å². The van der Waals surface area contributed by atoms with E-state index >= 15 is 0 Å². The number of nitrogens with one attached hydrogen (secondary N) is 1. The van der Waals surface area contributed by atoms with Crippen molar-refractivity contribution in [2.75, 3.05) is 40.8 Å². The van der Waals surface area contributed by atoms with E-state index in [1.807, 2.05) is 26.0 Å². The monoisotopic (exact) mass is 315 g/mol. The highest BCUT2D eigenvalue weighted by Gasteiger charge is 2.34. The van der Waals surface area contributed by atoms with Gasteiger partial charge < -0.3 is 9.80 Å². The number of sulfonamides is 1. The average molecular weight is 315 g/mol. The van der Waals surface area contributed by atoms with Crippen LogP contribution in [0, 0.1) is 11.7 Å². The molecule has 0 radical (unpaired) electrons. The first kappa shape index (κ1) is 16.4. The summed E-state index contributed by atoms with van der Waals surface area (Å²) in [5, 5.41) is 0. The molecule has 21 heavy (non-hydrogen) atoms. The summed E-state index contributed by atoms with van der Waals surface area (Å²) in [5.41, 5.74) is 0. The van der Waals surface area contributed by atoms with Crippen LogP contribution < -0.4 is 4.72 Å². The van der Waals surface area contributed by atoms with Crippen LogP contribution in [0.4, 0.5) is 4.39 Å². The molecule has 0 aromatic heterocycles. The number of nitrogens with zero attached hydrogens (tertiary/aromatic N) is 2. The largest absolute Gasteiger partial charge is 0.309 e. The van der Waals surface area contributed by atoms with Gasteiger partial charge in [0, 0.05) is 31.6 Å². The minimum atomic E-state index is -3.84. The maximum Gasteiger partial charge on any atom is 0.243 e. The summed E-state index contributed by atoms with van der Waals surface area (Å²) in [5.74, 6) is -0.535. The Morgan fingerprint density at radius 2 is 2.00 bits per heavy atom. The fourth-order valence-corrected chi connectivity index (χ4v) is 4.17. The molecule has 1 N–H and O–H groups in total. The molecule has 0 saturated carbocycles. The predicted octanol–water partition coefficient (Wildman–Crippen LogP) is 0.596. The lowest BCUT2D eigenvalue weighted by Crippen LogP contribution is -2.43. The van der Waals surface area contributed by atoms with Crippen molar-refractivity contribution < 1.29 is 12.8 Å². The maximum atomic E-state index is 13.7. The van der Waals surface area contributed by atoms with Gasteiger partial charge in [-0.3, -0.25) is 0 Å². The molecule has 0 aliphatic carbocycles. The van der Waals surface area contributed by atoms with Crippen molar-refractivity contribution in [1.29, 1.82) is 0 Å². The molecule has 2 rings (SSSR count). The van der Waals surface area contributed by atoms with E-state index in [2.05, 4.69) is 9.62 Å². The summed E-state index contributed by atoms with van der Waals surface area (Å²) in [6.07, 6.45) is 0. The predicted molar refractivity (Wildman–Crippen MR) is 80.1 cm³/mol. The molecular formula is C14H22FN3O2S. The van der Waals surface area contributed by atoms with Crippen molar-refractivity contribution in [3.05, 3.63) is 30.1 Å². The molecular weight excluding hydrogens is 293 g/mol. The number of hydrogen-bond donors (Lipinski definition) is 1. The topological polar surface area (TPSA) is 52.6 Å². The van der Waals surface area contributed by atoms with Crippen LogP contribution in [0.25, 0.3) is 0 Å². The molecule has 1 aliphatic heterocycles. The summed E-state index contributed by atoms with van der Waals surface area (Å²) in [6, 6.07) is 5.24. The molecule has 1 saturated heterocycles. The van der Waals surface area contributed by atoms with Gasteiger partial charge in [0.15, 0.2) is 0 Å². The number of likely N-dealkylation sites (tertiary alicyclic amines) is 1. The second-order valence-electron chi connectivity index (χ2n) is 5.90. The van der Waals surface area contributed by atoms with Crippen LogP contribution in [-0.2, 0) is 10.0 Å². The first-order chi connectivity index (χ1) is 9.79. The number of hydrogen-bond acceptors (Lipinski definition) is 4. The van der Waals surface area contributed by atoms with E-state index < -0.39 is 15.8 Å². The second kappa shape index (κ2) is 6.39. The van der Waals surface area contributed by atoms with Crippen molar-refractivity contribution in [2.24, 2.45) is 5.92 Å².